The molecule has 0 spiro atoms. The molecule has 0 saturated heterocycles. The Morgan fingerprint density at radius 2 is 2.13 bits per heavy atom. The van der Waals surface area contributed by atoms with Crippen LogP contribution in [0.15, 0.2) is 0 Å². The minimum absolute atomic E-state index is 0.107. The summed E-state index contributed by atoms with van der Waals surface area (Å²) >= 11 is 6.37. The van der Waals surface area contributed by atoms with E-state index in [-0.39, 0.29) is 17.6 Å². The van der Waals surface area contributed by atoms with Gasteiger partial charge in [-0.3, -0.25) is 0 Å². The molecular weight excluding hydrogens is 251 g/mol. The van der Waals surface area contributed by atoms with Crippen LogP contribution in [0.3, 0.4) is 0 Å². The third-order valence-corrected chi connectivity index (χ3v) is 2.55. The molecule has 1 aromatic heterocycles. The van der Waals surface area contributed by atoms with E-state index in [1.807, 2.05) is 0 Å². The lowest BCUT2D eigenvalue weighted by atomic mass is 10.5. The molecule has 0 amide bonds. The second-order valence-corrected chi connectivity index (χ2v) is 3.96. The maximum atomic E-state index is 12.2. The number of hydrogen-bond donors (Lipinski definition) is 0. The van der Waals surface area contributed by atoms with Crippen LogP contribution in [0.25, 0.3) is 0 Å². The highest BCUT2D eigenvalue weighted by molar-refractivity contribution is 7.09. The van der Waals surface area contributed by atoms with Gasteiger partial charge in [0.15, 0.2) is 0 Å². The Morgan fingerprint density at radius 1 is 1.47 bits per heavy atom. The van der Waals surface area contributed by atoms with E-state index in [2.05, 4.69) is 9.36 Å². The van der Waals surface area contributed by atoms with Crippen molar-refractivity contribution in [3.63, 3.8) is 0 Å². The normalized spacial score (nSPS) is 11.8. The number of aromatic nitrogens is 2. The van der Waals surface area contributed by atoms with Crippen molar-refractivity contribution in [2.24, 2.45) is 0 Å². The van der Waals surface area contributed by atoms with Gasteiger partial charge in [0.2, 0.25) is 5.13 Å². The molecule has 0 N–H and O–H groups in total. The fourth-order valence-corrected chi connectivity index (χ4v) is 1.88. The molecule has 0 aliphatic rings. The fourth-order valence-electron chi connectivity index (χ4n) is 0.975. The van der Waals surface area contributed by atoms with E-state index in [4.69, 9.17) is 11.6 Å². The first-order valence-electron chi connectivity index (χ1n) is 4.10. The quantitative estimate of drug-likeness (QED) is 0.778. The van der Waals surface area contributed by atoms with Crippen molar-refractivity contribution in [3.8, 4) is 0 Å². The Morgan fingerprint density at radius 3 is 2.53 bits per heavy atom. The summed E-state index contributed by atoms with van der Waals surface area (Å²) in [6.45, 7) is 0.691. The molecule has 0 aromatic carbocycles. The van der Waals surface area contributed by atoms with Gasteiger partial charge in [0, 0.05) is 24.0 Å². The van der Waals surface area contributed by atoms with Crippen molar-refractivity contribution in [3.05, 3.63) is 5.82 Å². The molecule has 1 rings (SSSR count). The first kappa shape index (κ1) is 12.5. The minimum atomic E-state index is -4.26. The molecular formula is C7H9ClF3N3S. The molecule has 3 nitrogen and oxygen atoms in total. The molecule has 0 aliphatic carbocycles. The zero-order valence-corrected chi connectivity index (χ0v) is 9.46. The van der Waals surface area contributed by atoms with Gasteiger partial charge >= 0.3 is 6.18 Å². The van der Waals surface area contributed by atoms with E-state index in [0.717, 1.165) is 16.4 Å². The van der Waals surface area contributed by atoms with Crippen molar-refractivity contribution in [1.29, 1.82) is 0 Å². The average Bonchev–Trinajstić information content (AvgIpc) is 2.48. The lowest BCUT2D eigenvalue weighted by Gasteiger charge is -2.21. The summed E-state index contributed by atoms with van der Waals surface area (Å²) in [6, 6.07) is 0. The maximum Gasteiger partial charge on any atom is 0.406 e. The molecule has 1 aromatic rings. The summed E-state index contributed by atoms with van der Waals surface area (Å²) < 4.78 is 40.4. The van der Waals surface area contributed by atoms with Crippen LogP contribution in [0, 0.1) is 6.92 Å². The SMILES string of the molecule is Cc1nsc(N(CCCl)CC(F)(F)F)n1. The van der Waals surface area contributed by atoms with Gasteiger partial charge in [-0.2, -0.15) is 17.5 Å². The van der Waals surface area contributed by atoms with Crippen LogP contribution in [0.2, 0.25) is 0 Å². The van der Waals surface area contributed by atoms with Crippen LogP contribution in [-0.2, 0) is 0 Å². The van der Waals surface area contributed by atoms with Crippen LogP contribution >= 0.6 is 23.1 Å². The van der Waals surface area contributed by atoms with Crippen molar-refractivity contribution in [1.82, 2.24) is 9.36 Å². The van der Waals surface area contributed by atoms with Gasteiger partial charge in [-0.25, -0.2) is 4.98 Å². The Hall–Kier alpha value is -0.560. The highest BCUT2D eigenvalue weighted by Gasteiger charge is 2.31. The van der Waals surface area contributed by atoms with Crippen LogP contribution in [-0.4, -0.2) is 34.5 Å². The van der Waals surface area contributed by atoms with E-state index in [1.54, 1.807) is 6.92 Å². The third kappa shape index (κ3) is 4.21. The zero-order valence-electron chi connectivity index (χ0n) is 7.88. The van der Waals surface area contributed by atoms with Crippen molar-refractivity contribution in [2.45, 2.75) is 13.1 Å². The third-order valence-electron chi connectivity index (χ3n) is 1.51. The maximum absolute atomic E-state index is 12.2. The predicted octanol–water partition coefficient (Wildman–Crippen LogP) is 2.45. The molecule has 15 heavy (non-hydrogen) atoms. The first-order chi connectivity index (χ1) is 6.92. The number of halogens is 4. The number of rotatable bonds is 4. The molecule has 86 valence electrons. The van der Waals surface area contributed by atoms with Crippen molar-refractivity contribution >= 4 is 28.3 Å². The van der Waals surface area contributed by atoms with E-state index >= 15 is 0 Å². The van der Waals surface area contributed by atoms with Gasteiger partial charge in [0.1, 0.15) is 12.4 Å². The summed E-state index contributed by atoms with van der Waals surface area (Å²) in [6.07, 6.45) is -4.26. The van der Waals surface area contributed by atoms with E-state index < -0.39 is 12.7 Å². The van der Waals surface area contributed by atoms with Gasteiger partial charge in [-0.1, -0.05) is 0 Å². The highest BCUT2D eigenvalue weighted by atomic mass is 35.5. The van der Waals surface area contributed by atoms with Gasteiger partial charge in [-0.05, 0) is 6.92 Å². The number of hydrogen-bond acceptors (Lipinski definition) is 4. The predicted molar refractivity (Wildman–Crippen MR) is 53.6 cm³/mol. The van der Waals surface area contributed by atoms with Crippen molar-refractivity contribution < 1.29 is 13.2 Å². The molecule has 0 aliphatic heterocycles. The lowest BCUT2D eigenvalue weighted by molar-refractivity contribution is -0.119. The highest BCUT2D eigenvalue weighted by Crippen LogP contribution is 2.23. The standard InChI is InChI=1S/C7H9ClF3N3S/c1-5-12-6(15-13-5)14(3-2-8)4-7(9,10)11/h2-4H2,1H3. The summed E-state index contributed by atoms with van der Waals surface area (Å²) in [5.74, 6) is 0.589. The van der Waals surface area contributed by atoms with Crippen LogP contribution in [0.5, 0.6) is 0 Å². The number of nitrogens with zero attached hydrogens (tertiary/aromatic N) is 3. The monoisotopic (exact) mass is 259 g/mol. The van der Waals surface area contributed by atoms with Crippen LogP contribution in [0.4, 0.5) is 18.3 Å². The molecule has 0 bridgehead atoms. The lowest BCUT2D eigenvalue weighted by Crippen LogP contribution is -2.35. The Kier molecular flexibility index (Phi) is 4.15. The summed E-state index contributed by atoms with van der Waals surface area (Å²) in [4.78, 5) is 4.97. The second-order valence-electron chi connectivity index (χ2n) is 2.85. The number of anilines is 1. The molecule has 0 atom stereocenters. The molecule has 0 fully saturated rings. The average molecular weight is 260 g/mol. The van der Waals surface area contributed by atoms with E-state index in [9.17, 15) is 13.2 Å². The molecule has 1 heterocycles. The second kappa shape index (κ2) is 4.98. The fraction of sp³-hybridized carbons (Fsp3) is 0.714. The molecule has 0 radical (unpaired) electrons. The van der Waals surface area contributed by atoms with Gasteiger partial charge in [0.05, 0.1) is 0 Å². The van der Waals surface area contributed by atoms with Gasteiger partial charge < -0.3 is 4.90 Å². The zero-order chi connectivity index (χ0) is 11.5. The first-order valence-corrected chi connectivity index (χ1v) is 5.41. The Labute approximate surface area is 94.0 Å². The largest absolute Gasteiger partial charge is 0.406 e. The molecule has 0 saturated carbocycles. The Balaban J connectivity index is 2.74. The smallest absolute Gasteiger partial charge is 0.337 e. The van der Waals surface area contributed by atoms with Crippen LogP contribution in [0.1, 0.15) is 5.82 Å². The minimum Gasteiger partial charge on any atom is -0.337 e. The van der Waals surface area contributed by atoms with E-state index in [1.165, 1.54) is 0 Å². The van der Waals surface area contributed by atoms with Gasteiger partial charge in [-0.15, -0.1) is 11.6 Å². The van der Waals surface area contributed by atoms with Crippen LogP contribution < -0.4 is 4.90 Å². The number of aryl methyl sites for hydroxylation is 1. The molecule has 8 heteroatoms. The summed E-state index contributed by atoms with van der Waals surface area (Å²) in [7, 11) is 0. The van der Waals surface area contributed by atoms with Crippen molar-refractivity contribution in [2.75, 3.05) is 23.9 Å². The van der Waals surface area contributed by atoms with Gasteiger partial charge in [0.25, 0.3) is 0 Å². The number of alkyl halides is 4. The topological polar surface area (TPSA) is 29.0 Å². The van der Waals surface area contributed by atoms with E-state index in [0.29, 0.717) is 5.82 Å². The molecule has 0 unspecified atom stereocenters. The summed E-state index contributed by atoms with van der Waals surface area (Å²) in [5.41, 5.74) is 0. The summed E-state index contributed by atoms with van der Waals surface area (Å²) in [5, 5.41) is 0.255. The Bertz CT molecular complexity index is 315.